The molecule has 1 aliphatic heterocycles. The van der Waals surface area contributed by atoms with E-state index in [9.17, 15) is 4.39 Å². The van der Waals surface area contributed by atoms with Gasteiger partial charge in [0.15, 0.2) is 0 Å². The molecule has 0 amide bonds. The highest BCUT2D eigenvalue weighted by Gasteiger charge is 2.32. The third kappa shape index (κ3) is 6.13. The van der Waals surface area contributed by atoms with Crippen LogP contribution in [0, 0.1) is 11.7 Å². The maximum Gasteiger partial charge on any atom is 0.124 e. The highest BCUT2D eigenvalue weighted by atomic mass is 35.5. The first kappa shape index (κ1) is 21.5. The Balaban J connectivity index is 1.53. The first-order chi connectivity index (χ1) is 13.5. The van der Waals surface area contributed by atoms with Gasteiger partial charge in [0.1, 0.15) is 23.6 Å². The minimum Gasteiger partial charge on any atom is -0.489 e. The molecule has 1 aliphatic rings. The number of halogens is 2. The molecule has 0 saturated carbocycles. The lowest BCUT2D eigenvalue weighted by atomic mass is 9.99. The molecular formula is C23H28ClFO2S. The van der Waals surface area contributed by atoms with E-state index in [2.05, 4.69) is 19.9 Å². The number of hydrogen-bond donors (Lipinski definition) is 0. The number of unbranched alkanes of at least 4 members (excludes halogenated alkanes) is 2. The fourth-order valence-electron chi connectivity index (χ4n) is 3.45. The van der Waals surface area contributed by atoms with Gasteiger partial charge in [-0.05, 0) is 49.1 Å². The van der Waals surface area contributed by atoms with Crippen LogP contribution in [-0.4, -0.2) is 11.5 Å². The molecule has 2 unspecified atom stereocenters. The molecular weight excluding hydrogens is 395 g/mol. The van der Waals surface area contributed by atoms with Gasteiger partial charge < -0.3 is 9.47 Å². The van der Waals surface area contributed by atoms with Crippen LogP contribution in [-0.2, 0) is 11.3 Å². The van der Waals surface area contributed by atoms with Crippen molar-refractivity contribution >= 4 is 23.4 Å². The molecule has 3 rings (SSSR count). The number of ether oxygens (including phenoxy) is 2. The molecule has 152 valence electrons. The first-order valence-electron chi connectivity index (χ1n) is 10.0. The number of thioether (sulfide) groups is 1. The Morgan fingerprint density at radius 1 is 1.21 bits per heavy atom. The summed E-state index contributed by atoms with van der Waals surface area (Å²) in [7, 11) is 0. The lowest BCUT2D eigenvalue weighted by Gasteiger charge is -2.15. The average molecular weight is 423 g/mol. The molecule has 28 heavy (non-hydrogen) atoms. The lowest BCUT2D eigenvalue weighted by Crippen LogP contribution is -2.13. The fourth-order valence-corrected chi connectivity index (χ4v) is 4.92. The molecule has 1 saturated heterocycles. The molecule has 2 aromatic rings. The van der Waals surface area contributed by atoms with E-state index in [1.807, 2.05) is 18.2 Å². The highest BCUT2D eigenvalue weighted by Crippen LogP contribution is 2.39. The van der Waals surface area contributed by atoms with Crippen LogP contribution >= 0.6 is 23.4 Å². The van der Waals surface area contributed by atoms with E-state index in [4.69, 9.17) is 21.1 Å². The maximum absolute atomic E-state index is 13.2. The van der Waals surface area contributed by atoms with Gasteiger partial charge in [-0.1, -0.05) is 68.6 Å². The summed E-state index contributed by atoms with van der Waals surface area (Å²) in [5, 5.41) is 0.382. The van der Waals surface area contributed by atoms with Gasteiger partial charge in [-0.2, -0.15) is 0 Å². The Kier molecular flexibility index (Phi) is 8.07. The van der Waals surface area contributed by atoms with Gasteiger partial charge >= 0.3 is 0 Å². The van der Waals surface area contributed by atoms with E-state index < -0.39 is 0 Å². The first-order valence-corrected chi connectivity index (χ1v) is 11.3. The summed E-state index contributed by atoms with van der Waals surface area (Å²) >= 11 is 7.83. The second kappa shape index (κ2) is 10.5. The molecule has 2 aromatic carbocycles. The Morgan fingerprint density at radius 3 is 2.86 bits per heavy atom. The average Bonchev–Trinajstić information content (AvgIpc) is 3.01. The van der Waals surface area contributed by atoms with Crippen molar-refractivity contribution in [1.29, 1.82) is 0 Å². The standard InChI is InChI=1S/C23H28ClFO2S/c1-3-4-5-9-22-16(2)12-23(27-22)28-20-8-6-7-19(14-20)26-15-17-10-11-18(25)13-21(17)24/h6-8,10-11,13-14,16,22-23H,3-5,9,12,15H2,1-2H3/t16-,22?,23?/m1/s1. The summed E-state index contributed by atoms with van der Waals surface area (Å²) in [6, 6.07) is 12.4. The smallest absolute Gasteiger partial charge is 0.124 e. The number of hydrogen-bond acceptors (Lipinski definition) is 3. The van der Waals surface area contributed by atoms with Crippen LogP contribution < -0.4 is 4.74 Å². The van der Waals surface area contributed by atoms with Crippen LogP contribution in [0.2, 0.25) is 5.02 Å². The van der Waals surface area contributed by atoms with E-state index in [1.54, 1.807) is 17.8 Å². The van der Waals surface area contributed by atoms with Crippen LogP contribution in [0.3, 0.4) is 0 Å². The zero-order chi connectivity index (χ0) is 19.9. The van der Waals surface area contributed by atoms with Crippen molar-refractivity contribution in [3.8, 4) is 5.75 Å². The van der Waals surface area contributed by atoms with Crippen LogP contribution in [0.15, 0.2) is 47.4 Å². The monoisotopic (exact) mass is 422 g/mol. The van der Waals surface area contributed by atoms with E-state index >= 15 is 0 Å². The van der Waals surface area contributed by atoms with E-state index in [-0.39, 0.29) is 11.3 Å². The third-order valence-corrected chi connectivity index (χ3v) is 6.54. The van der Waals surface area contributed by atoms with Crippen LogP contribution in [0.5, 0.6) is 5.75 Å². The van der Waals surface area contributed by atoms with Crippen molar-refractivity contribution < 1.29 is 13.9 Å². The SMILES string of the molecule is CCCCCC1OC(Sc2cccc(OCc3ccc(F)cc3Cl)c2)C[C@H]1C. The van der Waals surface area contributed by atoms with Gasteiger partial charge in [0.05, 0.1) is 11.1 Å². The Labute approximate surface area is 176 Å². The van der Waals surface area contributed by atoms with Crippen molar-refractivity contribution in [2.45, 2.75) is 69.0 Å². The summed E-state index contributed by atoms with van der Waals surface area (Å²) in [5.41, 5.74) is 0.965. The minimum absolute atomic E-state index is 0.198. The van der Waals surface area contributed by atoms with Gasteiger partial charge in [-0.25, -0.2) is 4.39 Å². The predicted molar refractivity (Wildman–Crippen MR) is 115 cm³/mol. The van der Waals surface area contributed by atoms with Crippen LogP contribution in [0.1, 0.15) is 51.5 Å². The molecule has 0 N–H and O–H groups in total. The van der Waals surface area contributed by atoms with E-state index in [0.717, 1.165) is 29.1 Å². The molecule has 0 spiro atoms. The second-order valence-corrected chi connectivity index (χ2v) is 9.07. The summed E-state index contributed by atoms with van der Waals surface area (Å²) in [5.74, 6) is 1.04. The van der Waals surface area contributed by atoms with Crippen molar-refractivity contribution in [2.75, 3.05) is 0 Å². The quantitative estimate of drug-likeness (QED) is 0.390. The zero-order valence-corrected chi connectivity index (χ0v) is 18.1. The molecule has 0 radical (unpaired) electrons. The van der Waals surface area contributed by atoms with Gasteiger partial charge in [0.2, 0.25) is 0 Å². The maximum atomic E-state index is 13.2. The van der Waals surface area contributed by atoms with Gasteiger partial charge in [0.25, 0.3) is 0 Å². The van der Waals surface area contributed by atoms with E-state index in [0.29, 0.717) is 23.7 Å². The second-order valence-electron chi connectivity index (χ2n) is 7.43. The van der Waals surface area contributed by atoms with Gasteiger partial charge in [-0.3, -0.25) is 0 Å². The Morgan fingerprint density at radius 2 is 2.07 bits per heavy atom. The Bertz CT molecular complexity index is 770. The van der Waals surface area contributed by atoms with E-state index in [1.165, 1.54) is 31.4 Å². The molecule has 5 heteroatoms. The lowest BCUT2D eigenvalue weighted by molar-refractivity contribution is 0.0697. The zero-order valence-electron chi connectivity index (χ0n) is 16.5. The topological polar surface area (TPSA) is 18.5 Å². The minimum atomic E-state index is -0.342. The van der Waals surface area contributed by atoms with Gasteiger partial charge in [-0.15, -0.1) is 0 Å². The third-order valence-electron chi connectivity index (χ3n) is 5.10. The summed E-state index contributed by atoms with van der Waals surface area (Å²) in [6.07, 6.45) is 6.39. The van der Waals surface area contributed by atoms with Crippen molar-refractivity contribution in [3.05, 3.63) is 58.9 Å². The molecule has 0 bridgehead atoms. The highest BCUT2D eigenvalue weighted by molar-refractivity contribution is 7.99. The van der Waals surface area contributed by atoms with Crippen molar-refractivity contribution in [1.82, 2.24) is 0 Å². The predicted octanol–water partition coefficient (Wildman–Crippen LogP) is 7.48. The van der Waals surface area contributed by atoms with Crippen molar-refractivity contribution in [2.24, 2.45) is 5.92 Å². The van der Waals surface area contributed by atoms with Gasteiger partial charge in [0, 0.05) is 10.5 Å². The number of benzene rings is 2. The van der Waals surface area contributed by atoms with Crippen LogP contribution in [0.4, 0.5) is 4.39 Å². The molecule has 1 heterocycles. The summed E-state index contributed by atoms with van der Waals surface area (Å²) in [6.45, 7) is 4.84. The molecule has 3 atom stereocenters. The summed E-state index contributed by atoms with van der Waals surface area (Å²) in [4.78, 5) is 1.13. The van der Waals surface area contributed by atoms with Crippen molar-refractivity contribution in [3.63, 3.8) is 0 Å². The summed E-state index contributed by atoms with van der Waals surface area (Å²) < 4.78 is 25.3. The Hall–Kier alpha value is -1.23. The van der Waals surface area contributed by atoms with Crippen LogP contribution in [0.25, 0.3) is 0 Å². The molecule has 2 nitrogen and oxygen atoms in total. The number of rotatable bonds is 9. The normalized spacial score (nSPS) is 21.8. The molecule has 0 aliphatic carbocycles. The largest absolute Gasteiger partial charge is 0.489 e. The molecule has 0 aromatic heterocycles. The molecule has 1 fully saturated rings. The fraction of sp³-hybridized carbons (Fsp3) is 0.478.